The molecule has 0 radical (unpaired) electrons. The van der Waals surface area contributed by atoms with Gasteiger partial charge in [0, 0.05) is 6.54 Å². The van der Waals surface area contributed by atoms with E-state index >= 15 is 0 Å². The molecule has 0 fully saturated rings. The lowest BCUT2D eigenvalue weighted by Gasteiger charge is -2.15. The van der Waals surface area contributed by atoms with Gasteiger partial charge in [0.05, 0.1) is 17.5 Å². The SMILES string of the molecule is CCCCCNc1cccc(OC(C)C)c1N. The molecule has 0 aliphatic carbocycles. The average Bonchev–Trinajstić information content (AvgIpc) is 2.28. The highest BCUT2D eigenvalue weighted by molar-refractivity contribution is 5.72. The second kappa shape index (κ2) is 7.05. The third-order valence-corrected chi connectivity index (χ3v) is 2.52. The van der Waals surface area contributed by atoms with Gasteiger partial charge in [0.25, 0.3) is 0 Å². The van der Waals surface area contributed by atoms with E-state index in [9.17, 15) is 0 Å². The Morgan fingerprint density at radius 3 is 2.71 bits per heavy atom. The summed E-state index contributed by atoms with van der Waals surface area (Å²) in [7, 11) is 0. The molecule has 0 amide bonds. The summed E-state index contributed by atoms with van der Waals surface area (Å²) in [5, 5.41) is 3.36. The zero-order chi connectivity index (χ0) is 12.7. The molecule has 0 saturated carbocycles. The van der Waals surface area contributed by atoms with Crippen LogP contribution in [0.4, 0.5) is 11.4 Å². The second-order valence-corrected chi connectivity index (χ2v) is 4.52. The minimum absolute atomic E-state index is 0.146. The Balaban J connectivity index is 2.59. The minimum atomic E-state index is 0.146. The molecule has 0 saturated heterocycles. The number of benzene rings is 1. The monoisotopic (exact) mass is 236 g/mol. The highest BCUT2D eigenvalue weighted by Gasteiger charge is 2.06. The Morgan fingerprint density at radius 1 is 1.29 bits per heavy atom. The summed E-state index contributed by atoms with van der Waals surface area (Å²) in [4.78, 5) is 0. The topological polar surface area (TPSA) is 47.3 Å². The van der Waals surface area contributed by atoms with E-state index in [1.165, 1.54) is 19.3 Å². The number of ether oxygens (including phenoxy) is 1. The Kier molecular flexibility index (Phi) is 5.67. The van der Waals surface area contributed by atoms with Gasteiger partial charge in [-0.05, 0) is 32.4 Å². The molecule has 0 aliphatic heterocycles. The van der Waals surface area contributed by atoms with E-state index in [2.05, 4.69) is 12.2 Å². The number of unbranched alkanes of at least 4 members (excludes halogenated alkanes) is 2. The highest BCUT2D eigenvalue weighted by Crippen LogP contribution is 2.30. The molecular weight excluding hydrogens is 212 g/mol. The molecule has 3 N–H and O–H groups in total. The van der Waals surface area contributed by atoms with Crippen LogP contribution < -0.4 is 15.8 Å². The summed E-state index contributed by atoms with van der Waals surface area (Å²) in [6.45, 7) is 7.16. The zero-order valence-electron chi connectivity index (χ0n) is 11.1. The Bertz CT molecular complexity index is 337. The van der Waals surface area contributed by atoms with Crippen LogP contribution in [0.1, 0.15) is 40.0 Å². The largest absolute Gasteiger partial charge is 0.489 e. The lowest BCUT2D eigenvalue weighted by Crippen LogP contribution is -2.09. The first kappa shape index (κ1) is 13.7. The van der Waals surface area contributed by atoms with Crippen LogP contribution in [0.25, 0.3) is 0 Å². The van der Waals surface area contributed by atoms with Crippen molar-refractivity contribution >= 4 is 11.4 Å². The van der Waals surface area contributed by atoms with Crippen molar-refractivity contribution in [2.45, 2.75) is 46.1 Å². The fourth-order valence-corrected chi connectivity index (χ4v) is 1.65. The Morgan fingerprint density at radius 2 is 2.06 bits per heavy atom. The van der Waals surface area contributed by atoms with Crippen LogP contribution in [0.2, 0.25) is 0 Å². The van der Waals surface area contributed by atoms with Crippen LogP contribution in [0, 0.1) is 0 Å². The molecule has 0 atom stereocenters. The number of hydrogen-bond acceptors (Lipinski definition) is 3. The van der Waals surface area contributed by atoms with Crippen molar-refractivity contribution in [3.8, 4) is 5.75 Å². The summed E-state index contributed by atoms with van der Waals surface area (Å²) in [6, 6.07) is 5.87. The Hall–Kier alpha value is -1.38. The maximum absolute atomic E-state index is 6.06. The van der Waals surface area contributed by atoms with Gasteiger partial charge in [-0.3, -0.25) is 0 Å². The van der Waals surface area contributed by atoms with Gasteiger partial charge in [0.1, 0.15) is 5.75 Å². The van der Waals surface area contributed by atoms with E-state index in [-0.39, 0.29) is 6.10 Å². The van der Waals surface area contributed by atoms with Gasteiger partial charge < -0.3 is 15.8 Å². The number of nitrogen functional groups attached to an aromatic ring is 1. The van der Waals surface area contributed by atoms with Crippen LogP contribution in [-0.2, 0) is 0 Å². The fraction of sp³-hybridized carbons (Fsp3) is 0.571. The Labute approximate surface area is 104 Å². The molecule has 0 unspecified atom stereocenters. The van der Waals surface area contributed by atoms with Crippen LogP contribution in [0.3, 0.4) is 0 Å². The molecule has 96 valence electrons. The summed E-state index contributed by atoms with van der Waals surface area (Å²) in [5.41, 5.74) is 7.74. The number of para-hydroxylation sites is 1. The van der Waals surface area contributed by atoms with Gasteiger partial charge >= 0.3 is 0 Å². The van der Waals surface area contributed by atoms with Crippen LogP contribution in [-0.4, -0.2) is 12.6 Å². The number of rotatable bonds is 7. The van der Waals surface area contributed by atoms with Gasteiger partial charge in [0.15, 0.2) is 0 Å². The third kappa shape index (κ3) is 4.55. The van der Waals surface area contributed by atoms with Crippen molar-refractivity contribution in [3.05, 3.63) is 18.2 Å². The maximum atomic E-state index is 6.06. The molecule has 1 aromatic carbocycles. The lowest BCUT2D eigenvalue weighted by molar-refractivity contribution is 0.244. The molecule has 17 heavy (non-hydrogen) atoms. The molecule has 0 aliphatic rings. The van der Waals surface area contributed by atoms with E-state index in [0.717, 1.165) is 18.0 Å². The van der Waals surface area contributed by atoms with Gasteiger partial charge in [-0.25, -0.2) is 0 Å². The van der Waals surface area contributed by atoms with Crippen LogP contribution >= 0.6 is 0 Å². The average molecular weight is 236 g/mol. The number of nitrogens with two attached hydrogens (primary N) is 1. The molecule has 0 bridgehead atoms. The van der Waals surface area contributed by atoms with Gasteiger partial charge in [-0.15, -0.1) is 0 Å². The van der Waals surface area contributed by atoms with Gasteiger partial charge in [-0.2, -0.15) is 0 Å². The quantitative estimate of drug-likeness (QED) is 0.561. The summed E-state index contributed by atoms with van der Waals surface area (Å²) in [5.74, 6) is 0.764. The highest BCUT2D eigenvalue weighted by atomic mass is 16.5. The predicted octanol–water partition coefficient (Wildman–Crippen LogP) is 3.66. The molecule has 3 heteroatoms. The number of anilines is 2. The van der Waals surface area contributed by atoms with Crippen molar-refractivity contribution in [2.24, 2.45) is 0 Å². The van der Waals surface area contributed by atoms with E-state index in [1.54, 1.807) is 0 Å². The van der Waals surface area contributed by atoms with Crippen molar-refractivity contribution in [1.82, 2.24) is 0 Å². The van der Waals surface area contributed by atoms with Gasteiger partial charge in [-0.1, -0.05) is 25.8 Å². The standard InChI is InChI=1S/C14H24N2O/c1-4-5-6-10-16-12-8-7-9-13(14(12)15)17-11(2)3/h7-9,11,16H,4-6,10,15H2,1-3H3. The molecule has 1 aromatic rings. The number of hydrogen-bond donors (Lipinski definition) is 2. The molecule has 0 spiro atoms. The summed E-state index contributed by atoms with van der Waals surface area (Å²) < 4.78 is 5.65. The van der Waals surface area contributed by atoms with E-state index in [1.807, 2.05) is 32.0 Å². The van der Waals surface area contributed by atoms with Crippen molar-refractivity contribution in [1.29, 1.82) is 0 Å². The maximum Gasteiger partial charge on any atom is 0.144 e. The second-order valence-electron chi connectivity index (χ2n) is 4.52. The normalized spacial score (nSPS) is 10.6. The lowest BCUT2D eigenvalue weighted by atomic mass is 10.2. The summed E-state index contributed by atoms with van der Waals surface area (Å²) >= 11 is 0. The predicted molar refractivity (Wildman–Crippen MR) is 74.6 cm³/mol. The third-order valence-electron chi connectivity index (χ3n) is 2.52. The molecule has 0 heterocycles. The van der Waals surface area contributed by atoms with Crippen LogP contribution in [0.5, 0.6) is 5.75 Å². The first-order chi connectivity index (χ1) is 8.15. The smallest absolute Gasteiger partial charge is 0.144 e. The fourth-order valence-electron chi connectivity index (χ4n) is 1.65. The number of nitrogens with one attached hydrogen (secondary N) is 1. The van der Waals surface area contributed by atoms with Crippen molar-refractivity contribution in [3.63, 3.8) is 0 Å². The zero-order valence-corrected chi connectivity index (χ0v) is 11.1. The van der Waals surface area contributed by atoms with Crippen molar-refractivity contribution in [2.75, 3.05) is 17.6 Å². The molecular formula is C14H24N2O. The van der Waals surface area contributed by atoms with Crippen LogP contribution in [0.15, 0.2) is 18.2 Å². The molecule has 1 rings (SSSR count). The first-order valence-electron chi connectivity index (χ1n) is 6.44. The van der Waals surface area contributed by atoms with E-state index in [4.69, 9.17) is 10.5 Å². The molecule has 3 nitrogen and oxygen atoms in total. The van der Waals surface area contributed by atoms with Gasteiger partial charge in [0.2, 0.25) is 0 Å². The minimum Gasteiger partial charge on any atom is -0.489 e. The van der Waals surface area contributed by atoms with E-state index in [0.29, 0.717) is 5.69 Å². The van der Waals surface area contributed by atoms with E-state index < -0.39 is 0 Å². The molecule has 0 aromatic heterocycles. The summed E-state index contributed by atoms with van der Waals surface area (Å²) in [6.07, 6.45) is 3.79. The first-order valence-corrected chi connectivity index (χ1v) is 6.44. The van der Waals surface area contributed by atoms with Crippen molar-refractivity contribution < 1.29 is 4.74 Å².